The van der Waals surface area contributed by atoms with Crippen molar-refractivity contribution in [2.45, 2.75) is 6.92 Å². The van der Waals surface area contributed by atoms with Crippen LogP contribution in [-0.4, -0.2) is 19.1 Å². The second-order valence-electron chi connectivity index (χ2n) is 9.29. The number of benzene rings is 4. The Labute approximate surface area is 219 Å². The van der Waals surface area contributed by atoms with E-state index in [1.54, 1.807) is 12.1 Å². The van der Waals surface area contributed by atoms with Crippen molar-refractivity contribution < 1.29 is 5.11 Å². The van der Waals surface area contributed by atoms with E-state index in [-0.39, 0.29) is 5.75 Å². The third-order valence-electron chi connectivity index (χ3n) is 7.26. The number of imidazole rings is 1. The number of phenols is 1. The highest BCUT2D eigenvalue weighted by molar-refractivity contribution is 6.24. The van der Waals surface area contributed by atoms with Gasteiger partial charge in [-0.2, -0.15) is 0 Å². The summed E-state index contributed by atoms with van der Waals surface area (Å²) in [6.07, 6.45) is 10.0. The summed E-state index contributed by atoms with van der Waals surface area (Å²) in [5.41, 5.74) is 7.12. The predicted molar refractivity (Wildman–Crippen MR) is 158 cm³/mol. The van der Waals surface area contributed by atoms with Gasteiger partial charge in [0.1, 0.15) is 17.0 Å². The molecule has 0 amide bonds. The normalized spacial score (nSPS) is 12.7. The molecule has 7 aromatic rings. The van der Waals surface area contributed by atoms with Crippen molar-refractivity contribution in [1.82, 2.24) is 14.0 Å². The summed E-state index contributed by atoms with van der Waals surface area (Å²) in [7, 11) is 0. The van der Waals surface area contributed by atoms with Crippen LogP contribution in [0.1, 0.15) is 12.5 Å². The van der Waals surface area contributed by atoms with Crippen molar-refractivity contribution in [3.8, 4) is 18.1 Å². The Morgan fingerprint density at radius 2 is 1.47 bits per heavy atom. The molecule has 4 nitrogen and oxygen atoms in total. The van der Waals surface area contributed by atoms with Gasteiger partial charge in [0.15, 0.2) is 0 Å². The zero-order chi connectivity index (χ0) is 25.8. The van der Waals surface area contributed by atoms with Crippen molar-refractivity contribution in [1.29, 1.82) is 0 Å². The number of pyridine rings is 1. The van der Waals surface area contributed by atoms with Gasteiger partial charge in [0, 0.05) is 33.0 Å². The molecule has 0 atom stereocenters. The third-order valence-corrected chi connectivity index (χ3v) is 7.26. The zero-order valence-electron chi connectivity index (χ0n) is 20.8. The van der Waals surface area contributed by atoms with Crippen LogP contribution in [-0.2, 0) is 0 Å². The van der Waals surface area contributed by atoms with Crippen molar-refractivity contribution in [3.05, 3.63) is 115 Å². The van der Waals surface area contributed by atoms with Crippen LogP contribution in [0.25, 0.3) is 60.7 Å². The number of fused-ring (bicyclic) bond motifs is 10. The first-order valence-electron chi connectivity index (χ1n) is 12.6. The molecule has 7 rings (SSSR count). The van der Waals surface area contributed by atoms with E-state index < -0.39 is 0 Å². The number of para-hydroxylation sites is 4. The molecule has 180 valence electrons. The number of aromatic nitrogens is 3. The third kappa shape index (κ3) is 3.03. The van der Waals surface area contributed by atoms with Gasteiger partial charge < -0.3 is 5.11 Å². The van der Waals surface area contributed by atoms with E-state index >= 15 is 0 Å². The maximum absolute atomic E-state index is 10.5. The molecule has 38 heavy (non-hydrogen) atoms. The Balaban J connectivity index is 1.70. The van der Waals surface area contributed by atoms with Gasteiger partial charge in [-0.05, 0) is 42.7 Å². The van der Waals surface area contributed by atoms with Gasteiger partial charge in [-0.3, -0.25) is 8.97 Å². The number of terminal acetylenes is 1. The monoisotopic (exact) mass is 489 g/mol. The first kappa shape index (κ1) is 22.0. The highest BCUT2D eigenvalue weighted by Gasteiger charge is 2.21. The highest BCUT2D eigenvalue weighted by Crippen LogP contribution is 2.40. The van der Waals surface area contributed by atoms with Crippen LogP contribution in [0.2, 0.25) is 0 Å². The van der Waals surface area contributed by atoms with E-state index in [4.69, 9.17) is 11.4 Å². The maximum Gasteiger partial charge on any atom is 0.147 e. The van der Waals surface area contributed by atoms with Crippen LogP contribution < -0.4 is 0 Å². The molecular formula is C34H23N3O. The first-order chi connectivity index (χ1) is 18.7. The topological polar surface area (TPSA) is 42.5 Å². The minimum atomic E-state index is 0.156. The molecule has 0 saturated carbocycles. The van der Waals surface area contributed by atoms with E-state index in [1.165, 1.54) is 0 Å². The van der Waals surface area contributed by atoms with Crippen LogP contribution in [0, 0.1) is 12.3 Å². The van der Waals surface area contributed by atoms with E-state index in [2.05, 4.69) is 87.7 Å². The van der Waals surface area contributed by atoms with Crippen molar-refractivity contribution in [2.24, 2.45) is 0 Å². The van der Waals surface area contributed by atoms with Crippen LogP contribution in [0.4, 0.5) is 0 Å². The van der Waals surface area contributed by atoms with Gasteiger partial charge in [0.2, 0.25) is 0 Å². The molecule has 0 unspecified atom stereocenters. The molecule has 0 radical (unpaired) electrons. The largest absolute Gasteiger partial charge is 0.507 e. The Kier molecular flexibility index (Phi) is 4.86. The number of hydrogen-bond acceptors (Lipinski definition) is 2. The van der Waals surface area contributed by atoms with Gasteiger partial charge in [0.25, 0.3) is 0 Å². The summed E-state index contributed by atoms with van der Waals surface area (Å²) < 4.78 is 4.52. The average molecular weight is 490 g/mol. The van der Waals surface area contributed by atoms with E-state index in [9.17, 15) is 5.11 Å². The highest BCUT2D eigenvalue weighted by atomic mass is 16.3. The molecule has 3 aromatic heterocycles. The summed E-state index contributed by atoms with van der Waals surface area (Å²) in [6.45, 7) is 2.01. The maximum atomic E-state index is 10.5. The molecule has 0 aliphatic carbocycles. The number of allylic oxidation sites excluding steroid dienone is 4. The molecule has 0 bridgehead atoms. The molecule has 4 heteroatoms. The van der Waals surface area contributed by atoms with Crippen molar-refractivity contribution in [3.63, 3.8) is 0 Å². The molecule has 1 N–H and O–H groups in total. The van der Waals surface area contributed by atoms with Gasteiger partial charge in [-0.1, -0.05) is 84.8 Å². The van der Waals surface area contributed by atoms with Gasteiger partial charge in [-0.15, -0.1) is 6.42 Å². The number of phenolic OH excluding ortho intramolecular Hbond substituents is 1. The smallest absolute Gasteiger partial charge is 0.147 e. The molecule has 0 saturated heterocycles. The molecule has 0 aliphatic rings. The number of nitrogens with zero attached hydrogens (tertiary/aromatic N) is 3. The van der Waals surface area contributed by atoms with E-state index in [0.29, 0.717) is 11.1 Å². The molecule has 3 heterocycles. The Bertz CT molecular complexity index is 2170. The SMILES string of the molecule is C#C/C(=C\C(=C/C)n1c2ccccc2c2c3ccccc3c3nc4ccccc4n3c21)c1ccccc1O. The lowest BCUT2D eigenvalue weighted by molar-refractivity contribution is 0.474. The lowest BCUT2D eigenvalue weighted by Gasteiger charge is -2.13. The molecule has 0 spiro atoms. The minimum Gasteiger partial charge on any atom is -0.507 e. The fourth-order valence-electron chi connectivity index (χ4n) is 5.61. The van der Waals surface area contributed by atoms with Crippen LogP contribution in [0.5, 0.6) is 5.75 Å². The number of hydrogen-bond donors (Lipinski definition) is 1. The predicted octanol–water partition coefficient (Wildman–Crippen LogP) is 8.03. The number of aromatic hydroxyl groups is 1. The summed E-state index contributed by atoms with van der Waals surface area (Å²) in [4.78, 5) is 5.08. The second kappa shape index (κ2) is 8.40. The minimum absolute atomic E-state index is 0.156. The van der Waals surface area contributed by atoms with Crippen LogP contribution >= 0.6 is 0 Å². The summed E-state index contributed by atoms with van der Waals surface area (Å²) in [5, 5.41) is 15.1. The first-order valence-corrected chi connectivity index (χ1v) is 12.6. The second-order valence-corrected chi connectivity index (χ2v) is 9.29. The lowest BCUT2D eigenvalue weighted by atomic mass is 10.0. The number of rotatable bonds is 3. The fourth-order valence-corrected chi connectivity index (χ4v) is 5.61. The lowest BCUT2D eigenvalue weighted by Crippen LogP contribution is -2.01. The van der Waals surface area contributed by atoms with Crippen molar-refractivity contribution >= 4 is 60.7 Å². The summed E-state index contributed by atoms with van der Waals surface area (Å²) in [5.74, 6) is 2.96. The van der Waals surface area contributed by atoms with Gasteiger partial charge in [0.05, 0.1) is 16.6 Å². The standard InChI is InChI=1S/C34H23N3O/c1-3-22(24-13-8-12-20-31(24)38)21-23(4-2)36-29-18-10-7-16-27(29)32-25-14-5-6-15-26(25)33-35-28-17-9-11-19-30(28)37(33)34(32)36/h1,4-21,38H,2H3/b22-21+,23-4+. The zero-order valence-corrected chi connectivity index (χ0v) is 20.8. The van der Waals surface area contributed by atoms with Crippen LogP contribution in [0.15, 0.2) is 109 Å². The average Bonchev–Trinajstić information content (AvgIpc) is 3.51. The fraction of sp³-hybridized carbons (Fsp3) is 0.0294. The Morgan fingerprint density at radius 1 is 0.816 bits per heavy atom. The molecule has 4 aromatic carbocycles. The molecule has 0 fully saturated rings. The van der Waals surface area contributed by atoms with Crippen LogP contribution in [0.3, 0.4) is 0 Å². The van der Waals surface area contributed by atoms with Crippen molar-refractivity contribution in [2.75, 3.05) is 0 Å². The molecule has 0 aliphatic heterocycles. The van der Waals surface area contributed by atoms with E-state index in [1.807, 2.05) is 31.2 Å². The van der Waals surface area contributed by atoms with Gasteiger partial charge >= 0.3 is 0 Å². The Morgan fingerprint density at radius 3 is 2.24 bits per heavy atom. The quantitative estimate of drug-likeness (QED) is 0.202. The Hall–Kier alpha value is -5.27. The van der Waals surface area contributed by atoms with Gasteiger partial charge in [-0.25, -0.2) is 4.98 Å². The van der Waals surface area contributed by atoms with E-state index in [0.717, 1.165) is 55.1 Å². The molecular weight excluding hydrogens is 466 g/mol. The summed E-state index contributed by atoms with van der Waals surface area (Å²) in [6, 6.07) is 32.3. The summed E-state index contributed by atoms with van der Waals surface area (Å²) >= 11 is 0.